The van der Waals surface area contributed by atoms with E-state index in [1.807, 2.05) is 12.1 Å². The molecule has 27 heavy (non-hydrogen) atoms. The summed E-state index contributed by atoms with van der Waals surface area (Å²) in [6.45, 7) is 6.22. The fourth-order valence-electron chi connectivity index (χ4n) is 4.02. The van der Waals surface area contributed by atoms with Crippen LogP contribution in [-0.2, 0) is 9.53 Å². The highest BCUT2D eigenvalue weighted by molar-refractivity contribution is 5.96. The second-order valence-corrected chi connectivity index (χ2v) is 7.08. The number of carbonyl (C=O) groups is 2. The molecule has 8 nitrogen and oxygen atoms in total. The molecule has 3 aliphatic rings. The Kier molecular flexibility index (Phi) is 5.18. The molecule has 2 amide bonds. The molecule has 1 aromatic carbocycles. The van der Waals surface area contributed by atoms with Crippen LogP contribution in [0.25, 0.3) is 0 Å². The minimum Gasteiger partial charge on any atom is -0.495 e. The number of amides is 2. The number of fused-ring (bicyclic) bond motifs is 1. The second kappa shape index (κ2) is 7.74. The zero-order chi connectivity index (χ0) is 18.8. The molecule has 3 aliphatic heterocycles. The number of benzene rings is 1. The zero-order valence-electron chi connectivity index (χ0n) is 15.6. The van der Waals surface area contributed by atoms with Gasteiger partial charge in [-0.25, -0.2) is 0 Å². The van der Waals surface area contributed by atoms with Crippen LogP contribution in [0, 0.1) is 0 Å². The first kappa shape index (κ1) is 18.1. The van der Waals surface area contributed by atoms with E-state index in [0.29, 0.717) is 38.4 Å². The van der Waals surface area contributed by atoms with Gasteiger partial charge < -0.3 is 24.6 Å². The number of morpholine rings is 1. The minimum atomic E-state index is -0.242. The van der Waals surface area contributed by atoms with Crippen molar-refractivity contribution in [2.45, 2.75) is 6.04 Å². The van der Waals surface area contributed by atoms with Gasteiger partial charge >= 0.3 is 0 Å². The van der Waals surface area contributed by atoms with Gasteiger partial charge in [0.1, 0.15) is 11.8 Å². The molecular weight excluding hydrogens is 348 g/mol. The molecule has 0 bridgehead atoms. The molecule has 0 spiro atoms. The Labute approximate surface area is 159 Å². The highest BCUT2D eigenvalue weighted by Gasteiger charge is 2.36. The van der Waals surface area contributed by atoms with E-state index in [9.17, 15) is 9.59 Å². The quantitative estimate of drug-likeness (QED) is 0.789. The van der Waals surface area contributed by atoms with Gasteiger partial charge in [-0.1, -0.05) is 0 Å². The highest BCUT2D eigenvalue weighted by Crippen LogP contribution is 2.30. The maximum Gasteiger partial charge on any atom is 0.254 e. The summed E-state index contributed by atoms with van der Waals surface area (Å²) in [5.41, 5.74) is 1.54. The molecule has 0 radical (unpaired) electrons. The SMILES string of the molecule is COc1ccc(C(=O)N2CCN3CCNC(=O)[C@@H]3C2)cc1N1CCOCC1. The number of methoxy groups -OCH3 is 1. The normalized spacial score (nSPS) is 23.6. The average molecular weight is 374 g/mol. The minimum absolute atomic E-state index is 0.0162. The van der Waals surface area contributed by atoms with Crippen molar-refractivity contribution in [3.05, 3.63) is 23.8 Å². The first-order chi connectivity index (χ1) is 13.2. The van der Waals surface area contributed by atoms with Crippen molar-refractivity contribution in [2.24, 2.45) is 0 Å². The third-order valence-corrected chi connectivity index (χ3v) is 5.56. The molecule has 146 valence electrons. The van der Waals surface area contributed by atoms with E-state index < -0.39 is 0 Å². The van der Waals surface area contributed by atoms with Crippen molar-refractivity contribution in [1.29, 1.82) is 0 Å². The highest BCUT2D eigenvalue weighted by atomic mass is 16.5. The molecule has 0 saturated carbocycles. The van der Waals surface area contributed by atoms with Crippen LogP contribution in [0.4, 0.5) is 5.69 Å². The molecule has 4 rings (SSSR count). The summed E-state index contributed by atoms with van der Waals surface area (Å²) in [4.78, 5) is 31.4. The Bertz CT molecular complexity index is 720. The van der Waals surface area contributed by atoms with E-state index in [2.05, 4.69) is 15.1 Å². The number of ether oxygens (including phenoxy) is 2. The Morgan fingerprint density at radius 2 is 2.00 bits per heavy atom. The standard InChI is InChI=1S/C19H26N4O4/c1-26-17-3-2-14(12-15(17)22-8-10-27-11-9-22)19(25)23-7-6-21-5-4-20-18(24)16(21)13-23/h2-3,12,16H,4-11,13H2,1H3,(H,20,24)/t16-/m0/s1. The first-order valence-corrected chi connectivity index (χ1v) is 9.49. The van der Waals surface area contributed by atoms with Crippen molar-refractivity contribution >= 4 is 17.5 Å². The summed E-state index contributed by atoms with van der Waals surface area (Å²) in [5, 5.41) is 2.89. The Hall–Kier alpha value is -2.32. The Morgan fingerprint density at radius 1 is 1.19 bits per heavy atom. The van der Waals surface area contributed by atoms with Crippen molar-refractivity contribution < 1.29 is 19.1 Å². The number of carbonyl (C=O) groups excluding carboxylic acids is 2. The number of hydrogen-bond acceptors (Lipinski definition) is 6. The fourth-order valence-corrected chi connectivity index (χ4v) is 4.02. The number of anilines is 1. The number of hydrogen-bond donors (Lipinski definition) is 1. The topological polar surface area (TPSA) is 74.4 Å². The van der Waals surface area contributed by atoms with Crippen molar-refractivity contribution in [3.63, 3.8) is 0 Å². The predicted octanol–water partition coefficient (Wildman–Crippen LogP) is -0.212. The van der Waals surface area contributed by atoms with Gasteiger partial charge in [-0.15, -0.1) is 0 Å². The molecule has 1 aromatic rings. The maximum absolute atomic E-state index is 13.1. The molecule has 0 unspecified atom stereocenters. The summed E-state index contributed by atoms with van der Waals surface area (Å²) in [7, 11) is 1.64. The zero-order valence-corrected chi connectivity index (χ0v) is 15.6. The van der Waals surface area contributed by atoms with Crippen LogP contribution in [0.5, 0.6) is 5.75 Å². The molecule has 0 aliphatic carbocycles. The van der Waals surface area contributed by atoms with Crippen molar-refractivity contribution in [2.75, 3.05) is 71.0 Å². The van der Waals surface area contributed by atoms with Gasteiger partial charge in [0.2, 0.25) is 5.91 Å². The van der Waals surface area contributed by atoms with E-state index in [1.165, 1.54) is 0 Å². The molecule has 3 heterocycles. The number of nitrogens with zero attached hydrogens (tertiary/aromatic N) is 3. The van der Waals surface area contributed by atoms with Gasteiger partial charge in [-0.05, 0) is 18.2 Å². The molecule has 1 atom stereocenters. The number of rotatable bonds is 3. The van der Waals surface area contributed by atoms with E-state index >= 15 is 0 Å². The maximum atomic E-state index is 13.1. The van der Waals surface area contributed by atoms with Gasteiger partial charge in [0.05, 0.1) is 26.0 Å². The monoisotopic (exact) mass is 374 g/mol. The molecule has 1 N–H and O–H groups in total. The Balaban J connectivity index is 1.54. The second-order valence-electron chi connectivity index (χ2n) is 7.08. The molecular formula is C19H26N4O4. The lowest BCUT2D eigenvalue weighted by Crippen LogP contribution is -2.64. The predicted molar refractivity (Wildman–Crippen MR) is 100 cm³/mol. The van der Waals surface area contributed by atoms with Gasteiger partial charge in [0.15, 0.2) is 0 Å². The van der Waals surface area contributed by atoms with Gasteiger partial charge in [-0.2, -0.15) is 0 Å². The van der Waals surface area contributed by atoms with Crippen LogP contribution in [0.15, 0.2) is 18.2 Å². The third kappa shape index (κ3) is 3.59. The summed E-state index contributed by atoms with van der Waals surface area (Å²) < 4.78 is 10.9. The van der Waals surface area contributed by atoms with Gasteiger partial charge in [-0.3, -0.25) is 14.5 Å². The van der Waals surface area contributed by atoms with Gasteiger partial charge in [0, 0.05) is 51.4 Å². The molecule has 0 aromatic heterocycles. The lowest BCUT2D eigenvalue weighted by molar-refractivity contribution is -0.131. The van der Waals surface area contributed by atoms with Crippen LogP contribution in [0.3, 0.4) is 0 Å². The number of piperazine rings is 2. The summed E-state index contributed by atoms with van der Waals surface area (Å²) in [6.07, 6.45) is 0. The molecule has 8 heteroatoms. The van der Waals surface area contributed by atoms with E-state index in [0.717, 1.165) is 37.6 Å². The molecule has 3 saturated heterocycles. The van der Waals surface area contributed by atoms with E-state index in [4.69, 9.17) is 9.47 Å². The molecule has 3 fully saturated rings. The number of nitrogens with one attached hydrogen (secondary N) is 1. The Morgan fingerprint density at radius 3 is 2.78 bits per heavy atom. The van der Waals surface area contributed by atoms with Crippen molar-refractivity contribution in [3.8, 4) is 5.75 Å². The summed E-state index contributed by atoms with van der Waals surface area (Å²) in [6, 6.07) is 5.31. The van der Waals surface area contributed by atoms with Crippen LogP contribution in [-0.4, -0.2) is 93.8 Å². The summed E-state index contributed by atoms with van der Waals surface area (Å²) >= 11 is 0. The van der Waals surface area contributed by atoms with E-state index in [-0.39, 0.29) is 17.9 Å². The fraction of sp³-hybridized carbons (Fsp3) is 0.579. The largest absolute Gasteiger partial charge is 0.495 e. The van der Waals surface area contributed by atoms with E-state index in [1.54, 1.807) is 18.1 Å². The lowest BCUT2D eigenvalue weighted by Gasteiger charge is -2.43. The average Bonchev–Trinajstić information content (AvgIpc) is 2.73. The summed E-state index contributed by atoms with van der Waals surface area (Å²) in [5.74, 6) is 0.734. The van der Waals surface area contributed by atoms with Crippen LogP contribution >= 0.6 is 0 Å². The van der Waals surface area contributed by atoms with Gasteiger partial charge in [0.25, 0.3) is 5.91 Å². The smallest absolute Gasteiger partial charge is 0.254 e. The third-order valence-electron chi connectivity index (χ3n) is 5.56. The van der Waals surface area contributed by atoms with Crippen LogP contribution in [0.1, 0.15) is 10.4 Å². The van der Waals surface area contributed by atoms with Crippen LogP contribution < -0.4 is 15.0 Å². The first-order valence-electron chi connectivity index (χ1n) is 9.49. The lowest BCUT2D eigenvalue weighted by atomic mass is 10.1. The van der Waals surface area contributed by atoms with Crippen molar-refractivity contribution in [1.82, 2.24) is 15.1 Å². The van der Waals surface area contributed by atoms with Crippen LogP contribution in [0.2, 0.25) is 0 Å².